The van der Waals surface area contributed by atoms with Gasteiger partial charge in [0.05, 0.1) is 35.1 Å². The van der Waals surface area contributed by atoms with Gasteiger partial charge in [-0.15, -0.1) is 0 Å². The van der Waals surface area contributed by atoms with Crippen LogP contribution in [0.3, 0.4) is 0 Å². The largest absolute Gasteiger partial charge is 0.494 e. The molecule has 1 amide bonds. The van der Waals surface area contributed by atoms with Gasteiger partial charge < -0.3 is 10.5 Å². The number of halogens is 2. The molecular formula is C20H16F2N4O2. The Bertz CT molecular complexity index is 1280. The fourth-order valence-electron chi connectivity index (χ4n) is 3.45. The number of imidazole rings is 1. The third-order valence-electron chi connectivity index (χ3n) is 4.64. The van der Waals surface area contributed by atoms with Crippen LogP contribution >= 0.6 is 0 Å². The summed E-state index contributed by atoms with van der Waals surface area (Å²) < 4.78 is 35.2. The van der Waals surface area contributed by atoms with Crippen molar-refractivity contribution in [3.05, 3.63) is 58.9 Å². The number of amides is 1. The van der Waals surface area contributed by atoms with Crippen LogP contribution in [-0.2, 0) is 0 Å². The van der Waals surface area contributed by atoms with Crippen molar-refractivity contribution < 1.29 is 18.3 Å². The Kier molecular flexibility index (Phi) is 3.99. The summed E-state index contributed by atoms with van der Waals surface area (Å²) >= 11 is 0. The molecule has 0 saturated carbocycles. The molecule has 2 heterocycles. The first-order valence-corrected chi connectivity index (χ1v) is 8.44. The molecule has 0 spiro atoms. The van der Waals surface area contributed by atoms with E-state index in [2.05, 4.69) is 9.97 Å². The minimum atomic E-state index is -0.882. The zero-order valence-electron chi connectivity index (χ0n) is 15.4. The maximum atomic E-state index is 14.2. The second-order valence-electron chi connectivity index (χ2n) is 6.44. The highest BCUT2D eigenvalue weighted by molar-refractivity contribution is 5.94. The van der Waals surface area contributed by atoms with Gasteiger partial charge in [0.15, 0.2) is 0 Å². The van der Waals surface area contributed by atoms with Crippen molar-refractivity contribution in [3.8, 4) is 17.1 Å². The van der Waals surface area contributed by atoms with E-state index in [1.165, 1.54) is 31.4 Å². The van der Waals surface area contributed by atoms with Crippen molar-refractivity contribution in [3.63, 3.8) is 0 Å². The van der Waals surface area contributed by atoms with Gasteiger partial charge in [-0.1, -0.05) is 0 Å². The molecule has 0 bridgehead atoms. The molecular weight excluding hydrogens is 366 g/mol. The predicted octanol–water partition coefficient (Wildman–Crippen LogP) is 3.55. The SMILES string of the molecule is COc1cc(F)cc2c1nc(C)c1c(C)nc(-c3ccc(F)c(C(N)=O)c3)n12. The summed E-state index contributed by atoms with van der Waals surface area (Å²) in [6.45, 7) is 3.62. The molecule has 0 radical (unpaired) electrons. The second kappa shape index (κ2) is 6.26. The zero-order chi connectivity index (χ0) is 20.2. The lowest BCUT2D eigenvalue weighted by Gasteiger charge is -2.12. The van der Waals surface area contributed by atoms with E-state index in [9.17, 15) is 13.6 Å². The number of fused-ring (bicyclic) bond motifs is 3. The van der Waals surface area contributed by atoms with E-state index in [4.69, 9.17) is 10.5 Å². The van der Waals surface area contributed by atoms with Crippen LogP contribution in [0.15, 0.2) is 30.3 Å². The van der Waals surface area contributed by atoms with Gasteiger partial charge >= 0.3 is 0 Å². The van der Waals surface area contributed by atoms with Crippen LogP contribution in [0.1, 0.15) is 21.7 Å². The van der Waals surface area contributed by atoms with Gasteiger partial charge in [-0.2, -0.15) is 0 Å². The molecule has 0 atom stereocenters. The molecule has 4 rings (SSSR count). The van der Waals surface area contributed by atoms with Gasteiger partial charge in [-0.3, -0.25) is 9.20 Å². The standard InChI is InChI=1S/C20H16F2N4O2/c1-9-18-10(2)25-20(11-4-5-14(22)13(6-11)19(23)27)26(18)15-7-12(21)8-16(28-3)17(15)24-9/h4-8H,1-3H3,(H2,23,27). The average molecular weight is 382 g/mol. The Morgan fingerprint density at radius 3 is 2.50 bits per heavy atom. The fourth-order valence-corrected chi connectivity index (χ4v) is 3.45. The molecule has 2 aromatic carbocycles. The normalized spacial score (nSPS) is 11.3. The monoisotopic (exact) mass is 382 g/mol. The molecule has 0 fully saturated rings. The number of hydrogen-bond donors (Lipinski definition) is 1. The number of hydrogen-bond acceptors (Lipinski definition) is 4. The molecule has 0 aliphatic carbocycles. The summed E-state index contributed by atoms with van der Waals surface area (Å²) in [6, 6.07) is 6.58. The van der Waals surface area contributed by atoms with Crippen molar-refractivity contribution >= 4 is 22.5 Å². The molecule has 28 heavy (non-hydrogen) atoms. The lowest BCUT2D eigenvalue weighted by molar-refractivity contribution is 0.0996. The maximum Gasteiger partial charge on any atom is 0.251 e. The summed E-state index contributed by atoms with van der Waals surface area (Å²) in [5.41, 5.74) is 8.43. The number of benzene rings is 2. The Labute approximate surface area is 158 Å². The lowest BCUT2D eigenvalue weighted by Crippen LogP contribution is -2.13. The third kappa shape index (κ3) is 2.57. The average Bonchev–Trinajstić information content (AvgIpc) is 3.00. The minimum absolute atomic E-state index is 0.245. The third-order valence-corrected chi connectivity index (χ3v) is 4.64. The van der Waals surface area contributed by atoms with E-state index in [0.717, 1.165) is 6.07 Å². The van der Waals surface area contributed by atoms with E-state index in [0.29, 0.717) is 39.3 Å². The molecule has 2 aromatic heterocycles. The van der Waals surface area contributed by atoms with Gasteiger partial charge in [0, 0.05) is 17.7 Å². The maximum absolute atomic E-state index is 14.2. The smallest absolute Gasteiger partial charge is 0.251 e. The quantitative estimate of drug-likeness (QED) is 0.587. The summed E-state index contributed by atoms with van der Waals surface area (Å²) in [5.74, 6) is -1.39. The number of aromatic nitrogens is 3. The Hall–Kier alpha value is -3.55. The van der Waals surface area contributed by atoms with Crippen LogP contribution < -0.4 is 10.5 Å². The van der Waals surface area contributed by atoms with E-state index in [1.54, 1.807) is 11.3 Å². The first-order chi connectivity index (χ1) is 13.3. The summed E-state index contributed by atoms with van der Waals surface area (Å²) in [7, 11) is 1.44. The number of primary amides is 1. The fraction of sp³-hybridized carbons (Fsp3) is 0.150. The number of nitrogens with zero attached hydrogens (tertiary/aromatic N) is 3. The molecule has 0 unspecified atom stereocenters. The molecule has 2 N–H and O–H groups in total. The van der Waals surface area contributed by atoms with Crippen molar-refractivity contribution in [1.82, 2.24) is 14.4 Å². The van der Waals surface area contributed by atoms with Crippen molar-refractivity contribution in [1.29, 1.82) is 0 Å². The minimum Gasteiger partial charge on any atom is -0.494 e. The molecule has 0 saturated heterocycles. The highest BCUT2D eigenvalue weighted by atomic mass is 19.1. The Morgan fingerprint density at radius 2 is 1.82 bits per heavy atom. The number of methoxy groups -OCH3 is 1. The van der Waals surface area contributed by atoms with Crippen LogP contribution in [0.5, 0.6) is 5.75 Å². The summed E-state index contributed by atoms with van der Waals surface area (Å²) in [6.07, 6.45) is 0. The number of aryl methyl sites for hydroxylation is 2. The highest BCUT2D eigenvalue weighted by Crippen LogP contribution is 2.33. The van der Waals surface area contributed by atoms with E-state index < -0.39 is 17.5 Å². The number of carbonyl (C=O) groups is 1. The van der Waals surface area contributed by atoms with Gasteiger partial charge in [0.1, 0.15) is 28.7 Å². The van der Waals surface area contributed by atoms with E-state index in [-0.39, 0.29) is 11.3 Å². The Balaban J connectivity index is 2.17. The second-order valence-corrected chi connectivity index (χ2v) is 6.44. The highest BCUT2D eigenvalue weighted by Gasteiger charge is 2.20. The molecule has 4 aromatic rings. The first kappa shape index (κ1) is 17.8. The van der Waals surface area contributed by atoms with Gasteiger partial charge in [-0.25, -0.2) is 18.7 Å². The topological polar surface area (TPSA) is 82.5 Å². The van der Waals surface area contributed by atoms with Crippen molar-refractivity contribution in [2.45, 2.75) is 13.8 Å². The van der Waals surface area contributed by atoms with Crippen molar-refractivity contribution in [2.75, 3.05) is 7.11 Å². The van der Waals surface area contributed by atoms with Crippen molar-refractivity contribution in [2.24, 2.45) is 5.73 Å². The summed E-state index contributed by atoms with van der Waals surface area (Å²) in [4.78, 5) is 20.7. The lowest BCUT2D eigenvalue weighted by atomic mass is 10.1. The van der Waals surface area contributed by atoms with Crippen LogP contribution in [0.4, 0.5) is 8.78 Å². The first-order valence-electron chi connectivity index (χ1n) is 8.44. The van der Waals surface area contributed by atoms with Crippen LogP contribution in [0, 0.1) is 25.5 Å². The number of nitrogens with two attached hydrogens (primary N) is 1. The number of ether oxygens (including phenoxy) is 1. The van der Waals surface area contributed by atoms with Gasteiger partial charge in [0.2, 0.25) is 0 Å². The van der Waals surface area contributed by atoms with Crippen LogP contribution in [0.25, 0.3) is 27.9 Å². The molecule has 0 aliphatic heterocycles. The van der Waals surface area contributed by atoms with E-state index in [1.807, 2.05) is 6.92 Å². The zero-order valence-corrected chi connectivity index (χ0v) is 15.4. The van der Waals surface area contributed by atoms with E-state index >= 15 is 0 Å². The molecule has 142 valence electrons. The molecule has 8 heteroatoms. The van der Waals surface area contributed by atoms with Gasteiger partial charge in [-0.05, 0) is 32.0 Å². The Morgan fingerprint density at radius 1 is 1.11 bits per heavy atom. The van der Waals surface area contributed by atoms with Crippen LogP contribution in [-0.4, -0.2) is 27.4 Å². The summed E-state index contributed by atoms with van der Waals surface area (Å²) in [5, 5.41) is 0. The molecule has 6 nitrogen and oxygen atoms in total. The predicted molar refractivity (Wildman–Crippen MR) is 100 cm³/mol. The number of rotatable bonds is 3. The molecule has 0 aliphatic rings. The number of carbonyl (C=O) groups excluding carboxylic acids is 1. The van der Waals surface area contributed by atoms with Gasteiger partial charge in [0.25, 0.3) is 5.91 Å². The van der Waals surface area contributed by atoms with Crippen LogP contribution in [0.2, 0.25) is 0 Å².